The molecule has 0 aliphatic carbocycles. The van der Waals surface area contributed by atoms with Crippen molar-refractivity contribution in [2.75, 3.05) is 20.1 Å². The van der Waals surface area contributed by atoms with Crippen LogP contribution in [0, 0.1) is 0 Å². The smallest absolute Gasteiger partial charge is 0.0249 e. The van der Waals surface area contributed by atoms with Crippen LogP contribution in [0.25, 0.3) is 0 Å². The molecule has 0 saturated carbocycles. The van der Waals surface area contributed by atoms with Crippen molar-refractivity contribution in [1.29, 1.82) is 0 Å². The van der Waals surface area contributed by atoms with Crippen LogP contribution in [0.5, 0.6) is 0 Å². The number of halogens is 1. The Balaban J connectivity index is 2.23. The summed E-state index contributed by atoms with van der Waals surface area (Å²) >= 11 is 3.49. The molecule has 1 aliphatic rings. The van der Waals surface area contributed by atoms with Gasteiger partial charge in [0.1, 0.15) is 0 Å². The minimum Gasteiger partial charge on any atom is -0.326 e. The van der Waals surface area contributed by atoms with Gasteiger partial charge in [-0.25, -0.2) is 0 Å². The Labute approximate surface area is 93.2 Å². The van der Waals surface area contributed by atoms with E-state index in [1.54, 1.807) is 0 Å². The zero-order valence-corrected chi connectivity index (χ0v) is 9.87. The Morgan fingerprint density at radius 3 is 2.79 bits per heavy atom. The predicted molar refractivity (Wildman–Crippen MR) is 62.4 cm³/mol. The maximum Gasteiger partial charge on any atom is 0.0249 e. The van der Waals surface area contributed by atoms with Crippen LogP contribution in [0.15, 0.2) is 28.7 Å². The Kier molecular flexibility index (Phi) is 2.91. The summed E-state index contributed by atoms with van der Waals surface area (Å²) in [5.41, 5.74) is 7.44. The van der Waals surface area contributed by atoms with Gasteiger partial charge in [0.25, 0.3) is 0 Å². The number of benzene rings is 1. The molecule has 0 radical (unpaired) electrons. The standard InChI is InChI=1S/C11H15BrN2/c1-14-6-10(11(13)7-14)8-3-2-4-9(12)5-8/h2-5,10-11H,6-7,13H2,1H3/t10-,11+/m0/s1. The lowest BCUT2D eigenvalue weighted by Crippen LogP contribution is -2.27. The number of nitrogens with two attached hydrogens (primary N) is 1. The molecule has 0 aromatic heterocycles. The zero-order chi connectivity index (χ0) is 10.1. The summed E-state index contributed by atoms with van der Waals surface area (Å²) < 4.78 is 1.14. The maximum atomic E-state index is 6.09. The largest absolute Gasteiger partial charge is 0.326 e. The molecule has 2 N–H and O–H groups in total. The van der Waals surface area contributed by atoms with Gasteiger partial charge in [-0.15, -0.1) is 0 Å². The second-order valence-electron chi connectivity index (χ2n) is 4.05. The highest BCUT2D eigenvalue weighted by atomic mass is 79.9. The summed E-state index contributed by atoms with van der Waals surface area (Å²) in [4.78, 5) is 2.29. The second-order valence-corrected chi connectivity index (χ2v) is 4.96. The monoisotopic (exact) mass is 254 g/mol. The molecule has 1 heterocycles. The van der Waals surface area contributed by atoms with Gasteiger partial charge in [-0.3, -0.25) is 0 Å². The van der Waals surface area contributed by atoms with E-state index in [0.717, 1.165) is 17.6 Å². The van der Waals surface area contributed by atoms with Crippen molar-refractivity contribution in [2.45, 2.75) is 12.0 Å². The molecular weight excluding hydrogens is 240 g/mol. The molecule has 1 fully saturated rings. The fourth-order valence-electron chi connectivity index (χ4n) is 2.12. The molecule has 2 atom stereocenters. The number of rotatable bonds is 1. The quantitative estimate of drug-likeness (QED) is 0.829. The fourth-order valence-corrected chi connectivity index (χ4v) is 2.54. The highest BCUT2D eigenvalue weighted by molar-refractivity contribution is 9.10. The molecule has 2 nitrogen and oxygen atoms in total. The van der Waals surface area contributed by atoms with Crippen LogP contribution in [0.4, 0.5) is 0 Å². The first-order valence-corrected chi connectivity index (χ1v) is 5.65. The van der Waals surface area contributed by atoms with E-state index in [9.17, 15) is 0 Å². The van der Waals surface area contributed by atoms with Gasteiger partial charge >= 0.3 is 0 Å². The van der Waals surface area contributed by atoms with Crippen molar-refractivity contribution in [2.24, 2.45) is 5.73 Å². The van der Waals surface area contributed by atoms with E-state index in [2.05, 4.69) is 46.1 Å². The second kappa shape index (κ2) is 4.01. The van der Waals surface area contributed by atoms with Crippen LogP contribution in [-0.2, 0) is 0 Å². The van der Waals surface area contributed by atoms with Crippen LogP contribution >= 0.6 is 15.9 Å². The molecule has 0 amide bonds. The average molecular weight is 255 g/mol. The first-order chi connectivity index (χ1) is 6.66. The molecule has 0 unspecified atom stereocenters. The molecule has 14 heavy (non-hydrogen) atoms. The van der Waals surface area contributed by atoms with Crippen molar-refractivity contribution in [1.82, 2.24) is 4.90 Å². The molecule has 1 aromatic rings. The molecule has 0 bridgehead atoms. The minimum absolute atomic E-state index is 0.272. The van der Waals surface area contributed by atoms with E-state index in [0.29, 0.717) is 5.92 Å². The van der Waals surface area contributed by atoms with Gasteiger partial charge in [-0.2, -0.15) is 0 Å². The summed E-state index contributed by atoms with van der Waals surface area (Å²) in [5.74, 6) is 0.484. The topological polar surface area (TPSA) is 29.3 Å². The van der Waals surface area contributed by atoms with Gasteiger partial charge < -0.3 is 10.6 Å². The van der Waals surface area contributed by atoms with Crippen molar-refractivity contribution in [3.8, 4) is 0 Å². The summed E-state index contributed by atoms with van der Waals surface area (Å²) in [5, 5.41) is 0. The summed E-state index contributed by atoms with van der Waals surface area (Å²) in [6.45, 7) is 2.06. The Morgan fingerprint density at radius 1 is 1.43 bits per heavy atom. The fraction of sp³-hybridized carbons (Fsp3) is 0.455. The first kappa shape index (κ1) is 10.1. The van der Waals surface area contributed by atoms with Crippen molar-refractivity contribution in [3.05, 3.63) is 34.3 Å². The average Bonchev–Trinajstić information content (AvgIpc) is 2.45. The van der Waals surface area contributed by atoms with E-state index < -0.39 is 0 Å². The third-order valence-electron chi connectivity index (χ3n) is 2.82. The van der Waals surface area contributed by atoms with Gasteiger partial charge in [0.05, 0.1) is 0 Å². The van der Waals surface area contributed by atoms with Gasteiger partial charge in [-0.1, -0.05) is 28.1 Å². The third kappa shape index (κ3) is 2.00. The first-order valence-electron chi connectivity index (χ1n) is 4.86. The highest BCUT2D eigenvalue weighted by Crippen LogP contribution is 2.27. The number of nitrogens with zero attached hydrogens (tertiary/aromatic N) is 1. The number of likely N-dealkylation sites (tertiary alicyclic amines) is 1. The zero-order valence-electron chi connectivity index (χ0n) is 8.28. The molecule has 76 valence electrons. The Morgan fingerprint density at radius 2 is 2.21 bits per heavy atom. The van der Waals surface area contributed by atoms with Gasteiger partial charge in [0.2, 0.25) is 0 Å². The molecule has 0 spiro atoms. The molecule has 1 aliphatic heterocycles. The lowest BCUT2D eigenvalue weighted by molar-refractivity contribution is 0.407. The van der Waals surface area contributed by atoms with Gasteiger partial charge in [0.15, 0.2) is 0 Å². The summed E-state index contributed by atoms with van der Waals surface area (Å²) in [6, 6.07) is 8.73. The maximum absolute atomic E-state index is 6.09. The summed E-state index contributed by atoms with van der Waals surface area (Å²) in [6.07, 6.45) is 0. The van der Waals surface area contributed by atoms with E-state index in [4.69, 9.17) is 5.73 Å². The highest BCUT2D eigenvalue weighted by Gasteiger charge is 2.28. The van der Waals surface area contributed by atoms with Gasteiger partial charge in [-0.05, 0) is 24.7 Å². The lowest BCUT2D eigenvalue weighted by Gasteiger charge is -2.14. The van der Waals surface area contributed by atoms with Crippen molar-refractivity contribution in [3.63, 3.8) is 0 Å². The van der Waals surface area contributed by atoms with Crippen LogP contribution in [-0.4, -0.2) is 31.1 Å². The molecular formula is C11H15BrN2. The Hall–Kier alpha value is -0.380. The molecule has 1 aromatic carbocycles. The van der Waals surface area contributed by atoms with E-state index in [-0.39, 0.29) is 6.04 Å². The van der Waals surface area contributed by atoms with Crippen LogP contribution in [0.3, 0.4) is 0 Å². The molecule has 3 heteroatoms. The normalized spacial score (nSPS) is 28.2. The van der Waals surface area contributed by atoms with E-state index in [1.165, 1.54) is 5.56 Å². The van der Waals surface area contributed by atoms with Crippen molar-refractivity contribution >= 4 is 15.9 Å². The number of hydrogen-bond acceptors (Lipinski definition) is 2. The van der Waals surface area contributed by atoms with E-state index >= 15 is 0 Å². The lowest BCUT2D eigenvalue weighted by atomic mass is 9.95. The Bertz CT molecular complexity index is 327. The third-order valence-corrected chi connectivity index (χ3v) is 3.32. The van der Waals surface area contributed by atoms with Gasteiger partial charge in [0, 0.05) is 29.5 Å². The summed E-state index contributed by atoms with van der Waals surface area (Å²) in [7, 11) is 2.12. The van der Waals surface area contributed by atoms with Crippen LogP contribution in [0.2, 0.25) is 0 Å². The number of likely N-dealkylation sites (N-methyl/N-ethyl adjacent to an activating group) is 1. The molecule has 1 saturated heterocycles. The number of hydrogen-bond donors (Lipinski definition) is 1. The predicted octanol–water partition coefficient (Wildman–Crippen LogP) is 1.81. The van der Waals surface area contributed by atoms with E-state index in [1.807, 2.05) is 6.07 Å². The molecule has 2 rings (SSSR count). The minimum atomic E-state index is 0.272. The van der Waals surface area contributed by atoms with Crippen molar-refractivity contribution < 1.29 is 0 Å². The SMILES string of the molecule is CN1C[C@@H](N)[C@H](c2cccc(Br)c2)C1. The van der Waals surface area contributed by atoms with Crippen LogP contribution < -0.4 is 5.73 Å². The van der Waals surface area contributed by atoms with Crippen LogP contribution in [0.1, 0.15) is 11.5 Å².